The number of nitrogens with two attached hydrogens (primary N) is 1. The number of nitrogens with zero attached hydrogens (tertiary/aromatic N) is 1. The average Bonchev–Trinajstić information content (AvgIpc) is 2.87. The zero-order valence-corrected chi connectivity index (χ0v) is 12.7. The third kappa shape index (κ3) is 3.95. The number of H-pyrrole nitrogens is 1. The second kappa shape index (κ2) is 7.36. The summed E-state index contributed by atoms with van der Waals surface area (Å²) in [6.07, 6.45) is 2.91. The molecular formula is C14H20N4O5. The van der Waals surface area contributed by atoms with Crippen LogP contribution in [0.5, 0.6) is 0 Å². The van der Waals surface area contributed by atoms with Crippen molar-refractivity contribution in [2.45, 2.75) is 38.2 Å². The molecule has 1 fully saturated rings. The summed E-state index contributed by atoms with van der Waals surface area (Å²) in [7, 11) is 0. The third-order valence-electron chi connectivity index (χ3n) is 3.60. The SMILES string of the molecule is CC[C@H]1O[C@@H](n2cc(/C=C/C(=O)NCN)c(=O)[nH]c2=O)C[C@H]1O. The molecule has 2 heterocycles. The van der Waals surface area contributed by atoms with Gasteiger partial charge in [0.25, 0.3) is 5.56 Å². The van der Waals surface area contributed by atoms with Crippen LogP contribution in [-0.2, 0) is 9.53 Å². The van der Waals surface area contributed by atoms with Crippen molar-refractivity contribution in [1.29, 1.82) is 0 Å². The minimum Gasteiger partial charge on any atom is -0.390 e. The molecule has 0 bridgehead atoms. The largest absolute Gasteiger partial charge is 0.390 e. The molecule has 0 saturated carbocycles. The lowest BCUT2D eigenvalue weighted by atomic mass is 10.1. The zero-order chi connectivity index (χ0) is 17.0. The van der Waals surface area contributed by atoms with Gasteiger partial charge in [0, 0.05) is 18.7 Å². The maximum absolute atomic E-state index is 11.9. The average molecular weight is 324 g/mol. The fourth-order valence-corrected chi connectivity index (χ4v) is 2.41. The molecule has 1 aromatic rings. The van der Waals surface area contributed by atoms with Gasteiger partial charge in [-0.15, -0.1) is 0 Å². The van der Waals surface area contributed by atoms with E-state index in [4.69, 9.17) is 10.5 Å². The Hall–Kier alpha value is -2.23. The highest BCUT2D eigenvalue weighted by Crippen LogP contribution is 2.29. The second-order valence-electron chi connectivity index (χ2n) is 5.17. The van der Waals surface area contributed by atoms with Gasteiger partial charge in [0.05, 0.1) is 24.4 Å². The minimum absolute atomic E-state index is 0.0226. The van der Waals surface area contributed by atoms with Crippen LogP contribution in [-0.4, -0.2) is 39.4 Å². The molecule has 2 rings (SSSR count). The number of aliphatic hydroxyl groups excluding tert-OH is 1. The van der Waals surface area contributed by atoms with Crippen LogP contribution < -0.4 is 22.3 Å². The normalized spacial score (nSPS) is 24.2. The summed E-state index contributed by atoms with van der Waals surface area (Å²) in [5, 5.41) is 12.2. The van der Waals surface area contributed by atoms with Crippen LogP contribution >= 0.6 is 0 Å². The highest BCUT2D eigenvalue weighted by Gasteiger charge is 2.34. The quantitative estimate of drug-likeness (QED) is 0.390. The second-order valence-corrected chi connectivity index (χ2v) is 5.17. The van der Waals surface area contributed by atoms with E-state index in [1.807, 2.05) is 6.92 Å². The summed E-state index contributed by atoms with van der Waals surface area (Å²) in [6.45, 7) is 1.85. The standard InChI is InChI=1S/C14H20N4O5/c1-2-10-9(19)5-12(23-10)18-6-8(13(21)17-14(18)22)3-4-11(20)16-7-15/h3-4,6,9-10,12,19H,2,5,7,15H2,1H3,(H,16,20)(H,17,21,22)/b4-3+/t9-,10-,12-/m1/s1. The van der Waals surface area contributed by atoms with Crippen LogP contribution in [0, 0.1) is 0 Å². The van der Waals surface area contributed by atoms with E-state index < -0.39 is 29.5 Å². The smallest absolute Gasteiger partial charge is 0.330 e. The van der Waals surface area contributed by atoms with E-state index in [9.17, 15) is 19.5 Å². The lowest BCUT2D eigenvalue weighted by molar-refractivity contribution is -0.116. The highest BCUT2D eigenvalue weighted by molar-refractivity contribution is 5.91. The first kappa shape index (κ1) is 17.1. The summed E-state index contributed by atoms with van der Waals surface area (Å²) in [4.78, 5) is 37.3. The molecule has 1 aliphatic heterocycles. The molecule has 0 spiro atoms. The Morgan fingerprint density at radius 3 is 2.96 bits per heavy atom. The molecule has 5 N–H and O–H groups in total. The molecule has 0 aromatic carbocycles. The number of aromatic amines is 1. The topological polar surface area (TPSA) is 139 Å². The summed E-state index contributed by atoms with van der Waals surface area (Å²) >= 11 is 0. The first-order valence-electron chi connectivity index (χ1n) is 7.31. The minimum atomic E-state index is -0.668. The Balaban J connectivity index is 2.29. The number of hydrogen-bond acceptors (Lipinski definition) is 6. The first-order chi connectivity index (χ1) is 11.0. The van der Waals surface area contributed by atoms with Crippen LogP contribution in [0.1, 0.15) is 31.6 Å². The molecule has 0 unspecified atom stereocenters. The first-order valence-corrected chi connectivity index (χ1v) is 7.31. The number of aliphatic hydroxyl groups is 1. The lowest BCUT2D eigenvalue weighted by Gasteiger charge is -2.15. The predicted octanol–water partition coefficient (Wildman–Crippen LogP) is -1.36. The summed E-state index contributed by atoms with van der Waals surface area (Å²) in [6, 6.07) is 0. The van der Waals surface area contributed by atoms with E-state index in [1.54, 1.807) is 0 Å². The molecule has 3 atom stereocenters. The Labute approximate surface area is 131 Å². The number of ether oxygens (including phenoxy) is 1. The van der Waals surface area contributed by atoms with Gasteiger partial charge in [0.15, 0.2) is 0 Å². The van der Waals surface area contributed by atoms with Crippen LogP contribution in [0.2, 0.25) is 0 Å². The van der Waals surface area contributed by atoms with Crippen molar-refractivity contribution in [3.8, 4) is 0 Å². The fourth-order valence-electron chi connectivity index (χ4n) is 2.41. The number of aromatic nitrogens is 2. The Morgan fingerprint density at radius 1 is 1.61 bits per heavy atom. The highest BCUT2D eigenvalue weighted by atomic mass is 16.5. The Bertz CT molecular complexity index is 708. The van der Waals surface area contributed by atoms with Crippen molar-refractivity contribution in [1.82, 2.24) is 14.9 Å². The maximum Gasteiger partial charge on any atom is 0.330 e. The zero-order valence-electron chi connectivity index (χ0n) is 12.7. The van der Waals surface area contributed by atoms with Gasteiger partial charge in [-0.25, -0.2) is 4.79 Å². The molecular weight excluding hydrogens is 304 g/mol. The van der Waals surface area contributed by atoms with Crippen molar-refractivity contribution in [3.63, 3.8) is 0 Å². The summed E-state index contributed by atoms with van der Waals surface area (Å²) in [5.74, 6) is -0.455. The molecule has 0 radical (unpaired) electrons. The molecule has 23 heavy (non-hydrogen) atoms. The van der Waals surface area contributed by atoms with Crippen molar-refractivity contribution in [2.24, 2.45) is 5.73 Å². The van der Waals surface area contributed by atoms with E-state index in [0.717, 1.165) is 6.08 Å². The van der Waals surface area contributed by atoms with Crippen LogP contribution in [0.25, 0.3) is 6.08 Å². The van der Waals surface area contributed by atoms with Crippen LogP contribution in [0.15, 0.2) is 21.9 Å². The number of carbonyl (C=O) groups is 1. The number of carbonyl (C=O) groups excluding carboxylic acids is 1. The van der Waals surface area contributed by atoms with E-state index >= 15 is 0 Å². The molecule has 0 aliphatic carbocycles. The van der Waals surface area contributed by atoms with E-state index in [-0.39, 0.29) is 24.8 Å². The van der Waals surface area contributed by atoms with Gasteiger partial charge in [0.1, 0.15) is 6.23 Å². The van der Waals surface area contributed by atoms with Gasteiger partial charge >= 0.3 is 5.69 Å². The summed E-state index contributed by atoms with van der Waals surface area (Å²) < 4.78 is 6.83. The molecule has 1 saturated heterocycles. The monoisotopic (exact) mass is 324 g/mol. The van der Waals surface area contributed by atoms with Gasteiger partial charge < -0.3 is 20.9 Å². The van der Waals surface area contributed by atoms with Gasteiger partial charge in [-0.2, -0.15) is 0 Å². The Morgan fingerprint density at radius 2 is 2.35 bits per heavy atom. The fraction of sp³-hybridized carbons (Fsp3) is 0.500. The van der Waals surface area contributed by atoms with Gasteiger partial charge in [-0.05, 0) is 12.5 Å². The predicted molar refractivity (Wildman–Crippen MR) is 82.4 cm³/mol. The van der Waals surface area contributed by atoms with Crippen molar-refractivity contribution in [2.75, 3.05) is 6.67 Å². The van der Waals surface area contributed by atoms with E-state index in [2.05, 4.69) is 10.3 Å². The third-order valence-corrected chi connectivity index (χ3v) is 3.60. The van der Waals surface area contributed by atoms with Crippen molar-refractivity contribution >= 4 is 12.0 Å². The molecule has 1 aromatic heterocycles. The van der Waals surface area contributed by atoms with Crippen LogP contribution in [0.3, 0.4) is 0 Å². The Kier molecular flexibility index (Phi) is 5.48. The van der Waals surface area contributed by atoms with Crippen molar-refractivity contribution in [3.05, 3.63) is 38.7 Å². The maximum atomic E-state index is 11.9. The van der Waals surface area contributed by atoms with E-state index in [0.29, 0.717) is 6.42 Å². The lowest BCUT2D eigenvalue weighted by Crippen LogP contribution is -2.33. The number of hydrogen-bond donors (Lipinski definition) is 4. The molecule has 1 amide bonds. The van der Waals surface area contributed by atoms with Crippen LogP contribution in [0.4, 0.5) is 0 Å². The number of nitrogens with one attached hydrogen (secondary N) is 2. The summed E-state index contributed by atoms with van der Waals surface area (Å²) in [5.41, 5.74) is 4.05. The van der Waals surface area contributed by atoms with Gasteiger partial charge in [-0.1, -0.05) is 6.92 Å². The number of amides is 1. The molecule has 1 aliphatic rings. The van der Waals surface area contributed by atoms with Crippen molar-refractivity contribution < 1.29 is 14.6 Å². The van der Waals surface area contributed by atoms with Gasteiger partial charge in [-0.3, -0.25) is 19.1 Å². The molecule has 9 heteroatoms. The number of rotatable bonds is 5. The molecule has 126 valence electrons. The molecule has 9 nitrogen and oxygen atoms in total. The van der Waals surface area contributed by atoms with E-state index in [1.165, 1.54) is 16.8 Å². The van der Waals surface area contributed by atoms with Gasteiger partial charge in [0.2, 0.25) is 5.91 Å².